The lowest BCUT2D eigenvalue weighted by molar-refractivity contribution is -0.123. The molecule has 0 saturated carbocycles. The quantitative estimate of drug-likeness (QED) is 0.726. The second-order valence-corrected chi connectivity index (χ2v) is 5.88. The highest BCUT2D eigenvalue weighted by atomic mass is 32.2. The van der Waals surface area contributed by atoms with E-state index < -0.39 is 0 Å². The summed E-state index contributed by atoms with van der Waals surface area (Å²) < 4.78 is 0.970. The third-order valence-corrected chi connectivity index (χ3v) is 3.54. The van der Waals surface area contributed by atoms with Gasteiger partial charge in [-0.15, -0.1) is 11.3 Å². The molecule has 1 heterocycles. The maximum Gasteiger partial charge on any atom is 0.150 e. The highest BCUT2D eigenvalue weighted by molar-refractivity contribution is 8.01. The standard InChI is InChI=1S/C9H13NOS2/c1-9(2,3)7(11)6-13-8-10-4-5-12-8/h4-5H,6H2,1-3H3. The van der Waals surface area contributed by atoms with Crippen LogP contribution in [0, 0.1) is 5.41 Å². The molecule has 0 N–H and O–H groups in total. The molecule has 0 bridgehead atoms. The van der Waals surface area contributed by atoms with E-state index in [1.807, 2.05) is 26.2 Å². The minimum atomic E-state index is -0.232. The van der Waals surface area contributed by atoms with Crippen molar-refractivity contribution in [3.05, 3.63) is 11.6 Å². The van der Waals surface area contributed by atoms with Crippen LogP contribution in [-0.2, 0) is 4.79 Å². The molecule has 4 heteroatoms. The Hall–Kier alpha value is -0.350. The van der Waals surface area contributed by atoms with E-state index in [0.717, 1.165) is 4.34 Å². The van der Waals surface area contributed by atoms with Crippen LogP contribution in [0.3, 0.4) is 0 Å². The minimum Gasteiger partial charge on any atom is -0.298 e. The van der Waals surface area contributed by atoms with E-state index in [1.165, 1.54) is 11.8 Å². The van der Waals surface area contributed by atoms with E-state index in [9.17, 15) is 4.79 Å². The molecule has 72 valence electrons. The van der Waals surface area contributed by atoms with Crippen LogP contribution in [0.1, 0.15) is 20.8 Å². The fourth-order valence-corrected chi connectivity index (χ4v) is 2.42. The Morgan fingerprint density at radius 1 is 1.62 bits per heavy atom. The Morgan fingerprint density at radius 3 is 2.77 bits per heavy atom. The SMILES string of the molecule is CC(C)(C)C(=O)CSc1nccs1. The first-order valence-electron chi connectivity index (χ1n) is 4.06. The van der Waals surface area contributed by atoms with E-state index in [4.69, 9.17) is 0 Å². The Morgan fingerprint density at radius 2 is 2.31 bits per heavy atom. The highest BCUT2D eigenvalue weighted by Gasteiger charge is 2.21. The van der Waals surface area contributed by atoms with Gasteiger partial charge in [0.15, 0.2) is 0 Å². The highest BCUT2D eigenvalue weighted by Crippen LogP contribution is 2.24. The van der Waals surface area contributed by atoms with Crippen LogP contribution < -0.4 is 0 Å². The second kappa shape index (κ2) is 4.24. The molecular formula is C9H13NOS2. The lowest BCUT2D eigenvalue weighted by Crippen LogP contribution is -2.21. The molecule has 1 aromatic heterocycles. The van der Waals surface area contributed by atoms with Crippen LogP contribution in [0.5, 0.6) is 0 Å². The van der Waals surface area contributed by atoms with Crippen molar-refractivity contribution in [3.8, 4) is 0 Å². The first-order chi connectivity index (χ1) is 6.00. The number of hydrogen-bond acceptors (Lipinski definition) is 4. The molecule has 0 radical (unpaired) electrons. The van der Waals surface area contributed by atoms with Crippen molar-refractivity contribution in [2.24, 2.45) is 5.41 Å². The van der Waals surface area contributed by atoms with Gasteiger partial charge in [0.2, 0.25) is 0 Å². The molecule has 0 saturated heterocycles. The zero-order valence-electron chi connectivity index (χ0n) is 8.03. The molecule has 0 aromatic carbocycles. The van der Waals surface area contributed by atoms with Gasteiger partial charge in [-0.1, -0.05) is 32.5 Å². The van der Waals surface area contributed by atoms with Gasteiger partial charge in [0.25, 0.3) is 0 Å². The average Bonchev–Trinajstić information content (AvgIpc) is 2.50. The monoisotopic (exact) mass is 215 g/mol. The van der Waals surface area contributed by atoms with Crippen LogP contribution in [0.15, 0.2) is 15.9 Å². The molecule has 13 heavy (non-hydrogen) atoms. The van der Waals surface area contributed by atoms with Crippen molar-refractivity contribution in [2.75, 3.05) is 5.75 Å². The van der Waals surface area contributed by atoms with Crippen molar-refractivity contribution in [1.29, 1.82) is 0 Å². The number of ketones is 1. The summed E-state index contributed by atoms with van der Waals surface area (Å²) >= 11 is 3.10. The summed E-state index contributed by atoms with van der Waals surface area (Å²) in [4.78, 5) is 15.6. The van der Waals surface area contributed by atoms with Gasteiger partial charge in [-0.3, -0.25) is 4.79 Å². The van der Waals surface area contributed by atoms with Crippen molar-refractivity contribution in [3.63, 3.8) is 0 Å². The van der Waals surface area contributed by atoms with E-state index in [2.05, 4.69) is 4.98 Å². The van der Waals surface area contributed by atoms with E-state index in [0.29, 0.717) is 5.75 Å². The van der Waals surface area contributed by atoms with E-state index in [-0.39, 0.29) is 11.2 Å². The smallest absolute Gasteiger partial charge is 0.150 e. The number of hydrogen-bond donors (Lipinski definition) is 0. The van der Waals surface area contributed by atoms with Crippen molar-refractivity contribution < 1.29 is 4.79 Å². The molecule has 0 aliphatic carbocycles. The van der Waals surface area contributed by atoms with Crippen LogP contribution in [0.25, 0.3) is 0 Å². The summed E-state index contributed by atoms with van der Waals surface area (Å²) in [5, 5.41) is 1.92. The summed E-state index contributed by atoms with van der Waals surface area (Å²) in [7, 11) is 0. The van der Waals surface area contributed by atoms with Gasteiger partial charge < -0.3 is 0 Å². The topological polar surface area (TPSA) is 30.0 Å². The molecule has 2 nitrogen and oxygen atoms in total. The molecule has 0 amide bonds. The predicted octanol–water partition coefficient (Wildman–Crippen LogP) is 2.85. The van der Waals surface area contributed by atoms with Gasteiger partial charge in [0.05, 0.1) is 5.75 Å². The predicted molar refractivity (Wildman–Crippen MR) is 57.3 cm³/mol. The van der Waals surface area contributed by atoms with Gasteiger partial charge in [0, 0.05) is 17.0 Å². The number of carbonyl (C=O) groups is 1. The third-order valence-electron chi connectivity index (χ3n) is 1.57. The van der Waals surface area contributed by atoms with Gasteiger partial charge in [-0.2, -0.15) is 0 Å². The maximum atomic E-state index is 11.5. The largest absolute Gasteiger partial charge is 0.298 e. The van der Waals surface area contributed by atoms with Gasteiger partial charge in [0.1, 0.15) is 10.1 Å². The maximum absolute atomic E-state index is 11.5. The summed E-state index contributed by atoms with van der Waals surface area (Å²) in [5.41, 5.74) is -0.232. The summed E-state index contributed by atoms with van der Waals surface area (Å²) in [6.07, 6.45) is 1.76. The third kappa shape index (κ3) is 3.48. The lowest BCUT2D eigenvalue weighted by Gasteiger charge is -2.15. The van der Waals surface area contributed by atoms with E-state index in [1.54, 1.807) is 17.5 Å². The molecule has 0 aliphatic rings. The lowest BCUT2D eigenvalue weighted by atomic mass is 9.92. The van der Waals surface area contributed by atoms with Crippen LogP contribution in [0.2, 0.25) is 0 Å². The number of carbonyl (C=O) groups excluding carboxylic acids is 1. The fraction of sp³-hybridized carbons (Fsp3) is 0.556. The normalized spacial score (nSPS) is 11.6. The average molecular weight is 215 g/mol. The van der Waals surface area contributed by atoms with Crippen LogP contribution in [0.4, 0.5) is 0 Å². The van der Waals surface area contributed by atoms with Gasteiger partial charge >= 0.3 is 0 Å². The first kappa shape index (κ1) is 10.7. The summed E-state index contributed by atoms with van der Waals surface area (Å²) in [6, 6.07) is 0. The van der Waals surface area contributed by atoms with Crippen molar-refractivity contribution in [2.45, 2.75) is 25.1 Å². The molecule has 1 rings (SSSR count). The Balaban J connectivity index is 2.40. The number of thiazole rings is 1. The number of rotatable bonds is 3. The molecule has 0 fully saturated rings. The van der Waals surface area contributed by atoms with Crippen LogP contribution in [-0.4, -0.2) is 16.5 Å². The van der Waals surface area contributed by atoms with Gasteiger partial charge in [-0.05, 0) is 0 Å². The van der Waals surface area contributed by atoms with Crippen LogP contribution >= 0.6 is 23.1 Å². The Bertz CT molecular complexity index is 274. The number of Topliss-reactive ketones (excluding diaryl/α,β-unsaturated/α-hetero) is 1. The number of thioether (sulfide) groups is 1. The molecule has 0 unspecified atom stereocenters. The zero-order valence-corrected chi connectivity index (χ0v) is 9.67. The minimum absolute atomic E-state index is 0.232. The Kier molecular flexibility index (Phi) is 3.50. The number of aromatic nitrogens is 1. The van der Waals surface area contributed by atoms with Crippen molar-refractivity contribution >= 4 is 28.9 Å². The molecule has 0 spiro atoms. The molecule has 1 aromatic rings. The molecule has 0 aliphatic heterocycles. The second-order valence-electron chi connectivity index (χ2n) is 3.76. The Labute approximate surface area is 86.8 Å². The molecule has 0 atom stereocenters. The first-order valence-corrected chi connectivity index (χ1v) is 5.92. The molecular weight excluding hydrogens is 202 g/mol. The number of nitrogens with zero attached hydrogens (tertiary/aromatic N) is 1. The van der Waals surface area contributed by atoms with Gasteiger partial charge in [-0.25, -0.2) is 4.98 Å². The summed E-state index contributed by atoms with van der Waals surface area (Å²) in [6.45, 7) is 5.83. The van der Waals surface area contributed by atoms with E-state index >= 15 is 0 Å². The van der Waals surface area contributed by atoms with Crippen molar-refractivity contribution in [1.82, 2.24) is 4.98 Å². The summed E-state index contributed by atoms with van der Waals surface area (Å²) in [5.74, 6) is 0.796. The zero-order chi connectivity index (χ0) is 9.90. The fourth-order valence-electron chi connectivity index (χ4n) is 0.625.